The minimum atomic E-state index is -2.87. The van der Waals surface area contributed by atoms with Crippen LogP contribution in [0.1, 0.15) is 74.1 Å². The lowest BCUT2D eigenvalue weighted by atomic mass is 9.88. The van der Waals surface area contributed by atoms with Gasteiger partial charge in [0.15, 0.2) is 0 Å². The molecule has 11 nitrogen and oxygen atoms in total. The monoisotopic (exact) mass is 594 g/mol. The van der Waals surface area contributed by atoms with Crippen molar-refractivity contribution in [1.29, 1.82) is 0 Å². The minimum absolute atomic E-state index is 0.0932. The zero-order valence-electron chi connectivity index (χ0n) is 22.4. The highest BCUT2D eigenvalue weighted by atomic mass is 35.5. The molecular formula is C26H30ClF3N8O3. The summed E-state index contributed by atoms with van der Waals surface area (Å²) < 4.78 is 44.4. The molecule has 0 saturated heterocycles. The van der Waals surface area contributed by atoms with Gasteiger partial charge in [-0.15, -0.1) is 5.10 Å². The van der Waals surface area contributed by atoms with Crippen molar-refractivity contribution >= 4 is 29.1 Å². The summed E-state index contributed by atoms with van der Waals surface area (Å²) in [5, 5.41) is 18.7. The van der Waals surface area contributed by atoms with E-state index in [2.05, 4.69) is 31.0 Å². The average Bonchev–Trinajstić information content (AvgIpc) is 3.84. The van der Waals surface area contributed by atoms with Crippen molar-refractivity contribution in [2.24, 2.45) is 17.8 Å². The molecule has 220 valence electrons. The SMILES string of the molecule is CC(C)n1nccc1C(=O)N[C@H](C(=O)Nc1cn(C(CC(F)F)c2cc(Cl)n[nH]c2=O)nc1F)C(C1CC1)C1CC1. The van der Waals surface area contributed by atoms with E-state index in [1.807, 2.05) is 13.8 Å². The molecular weight excluding hydrogens is 565 g/mol. The number of aromatic nitrogens is 6. The van der Waals surface area contributed by atoms with Gasteiger partial charge in [0.25, 0.3) is 17.4 Å². The molecule has 1 unspecified atom stereocenters. The Labute approximate surface area is 237 Å². The number of carbonyl (C=O) groups excluding carboxylic acids is 2. The van der Waals surface area contributed by atoms with Crippen molar-refractivity contribution < 1.29 is 22.8 Å². The van der Waals surface area contributed by atoms with Gasteiger partial charge in [-0.25, -0.2) is 13.9 Å². The molecule has 0 spiro atoms. The summed E-state index contributed by atoms with van der Waals surface area (Å²) in [4.78, 5) is 39.3. The van der Waals surface area contributed by atoms with Gasteiger partial charge in [0, 0.05) is 24.2 Å². The lowest BCUT2D eigenvalue weighted by molar-refractivity contribution is -0.119. The van der Waals surface area contributed by atoms with Gasteiger partial charge in [-0.05, 0) is 69.4 Å². The molecule has 3 heterocycles. The third-order valence-electron chi connectivity index (χ3n) is 7.50. The van der Waals surface area contributed by atoms with Crippen LogP contribution in [0.3, 0.4) is 0 Å². The Kier molecular flexibility index (Phi) is 8.20. The maximum absolute atomic E-state index is 15.0. The first-order chi connectivity index (χ1) is 19.5. The van der Waals surface area contributed by atoms with Crippen LogP contribution in [0.15, 0.2) is 29.3 Å². The standard InChI is InChI=1S/C26H30ClF3N8O3/c1-12(2)38-17(7-8-31-38)25(40)33-22(21(13-3-4-13)14-5-6-14)26(41)32-16-11-37(36-23(16)30)18(10-20(28)29)15-9-19(27)34-35-24(15)39/h7-9,11-14,18,20-22H,3-6,10H2,1-2H3,(H,32,41)(H,33,40)(H,35,39)/t18?,22-/m0/s1. The number of anilines is 1. The fraction of sp³-hybridized carbons (Fsp3) is 0.538. The number of amides is 2. The van der Waals surface area contributed by atoms with Crippen LogP contribution in [-0.2, 0) is 4.79 Å². The lowest BCUT2D eigenvalue weighted by Gasteiger charge is -2.27. The van der Waals surface area contributed by atoms with Crippen LogP contribution in [-0.4, -0.2) is 54.0 Å². The van der Waals surface area contributed by atoms with Crippen LogP contribution >= 0.6 is 11.6 Å². The van der Waals surface area contributed by atoms with Gasteiger partial charge in [-0.1, -0.05) is 11.6 Å². The molecule has 2 fully saturated rings. The number of nitrogens with one attached hydrogen (secondary N) is 3. The molecule has 3 N–H and O–H groups in total. The van der Waals surface area contributed by atoms with Crippen LogP contribution in [0, 0.1) is 23.7 Å². The third-order valence-corrected chi connectivity index (χ3v) is 7.70. The molecule has 0 radical (unpaired) electrons. The smallest absolute Gasteiger partial charge is 0.270 e. The van der Waals surface area contributed by atoms with Gasteiger partial charge in [0.1, 0.15) is 22.6 Å². The second-order valence-corrected chi connectivity index (χ2v) is 11.3. The molecule has 2 aliphatic carbocycles. The molecule has 2 atom stereocenters. The molecule has 5 rings (SSSR count). The normalized spacial score (nSPS) is 16.8. The van der Waals surface area contributed by atoms with E-state index in [4.69, 9.17) is 11.6 Å². The van der Waals surface area contributed by atoms with E-state index < -0.39 is 48.3 Å². The molecule has 41 heavy (non-hydrogen) atoms. The molecule has 3 aromatic rings. The van der Waals surface area contributed by atoms with Crippen molar-refractivity contribution in [3.05, 3.63) is 57.2 Å². The fourth-order valence-electron chi connectivity index (χ4n) is 5.36. The van der Waals surface area contributed by atoms with Crippen molar-refractivity contribution in [3.8, 4) is 0 Å². The first kappa shape index (κ1) is 28.8. The molecule has 2 saturated carbocycles. The number of H-pyrrole nitrogens is 1. The van der Waals surface area contributed by atoms with E-state index in [1.54, 1.807) is 10.7 Å². The summed E-state index contributed by atoms with van der Waals surface area (Å²) in [5.74, 6) is -1.90. The number of nitrogens with zero attached hydrogens (tertiary/aromatic N) is 5. The fourth-order valence-corrected chi connectivity index (χ4v) is 5.52. The Hall–Kier alpha value is -3.68. The van der Waals surface area contributed by atoms with Gasteiger partial charge < -0.3 is 10.6 Å². The second kappa shape index (κ2) is 11.7. The van der Waals surface area contributed by atoms with E-state index in [0.29, 0.717) is 5.69 Å². The highest BCUT2D eigenvalue weighted by Gasteiger charge is 2.48. The summed E-state index contributed by atoms with van der Waals surface area (Å²) in [6.45, 7) is 3.75. The van der Waals surface area contributed by atoms with Crippen molar-refractivity contribution in [1.82, 2.24) is 35.1 Å². The zero-order valence-corrected chi connectivity index (χ0v) is 23.1. The van der Waals surface area contributed by atoms with Crippen LogP contribution in [0.25, 0.3) is 0 Å². The van der Waals surface area contributed by atoms with Crippen LogP contribution in [0.4, 0.5) is 18.9 Å². The van der Waals surface area contributed by atoms with Crippen LogP contribution in [0.5, 0.6) is 0 Å². The van der Waals surface area contributed by atoms with E-state index >= 15 is 4.39 Å². The first-order valence-corrected chi connectivity index (χ1v) is 13.8. The summed E-state index contributed by atoms with van der Waals surface area (Å²) in [7, 11) is 0. The number of rotatable bonds is 12. The van der Waals surface area contributed by atoms with Crippen molar-refractivity contribution in [2.75, 3.05) is 5.32 Å². The topological polar surface area (TPSA) is 140 Å². The molecule has 0 bridgehead atoms. The van der Waals surface area contributed by atoms with E-state index in [0.717, 1.165) is 42.6 Å². The summed E-state index contributed by atoms with van der Waals surface area (Å²) in [6, 6.07) is 0.211. The second-order valence-electron chi connectivity index (χ2n) is 10.9. The Morgan fingerprint density at radius 1 is 1.20 bits per heavy atom. The molecule has 15 heteroatoms. The van der Waals surface area contributed by atoms with Gasteiger partial charge >= 0.3 is 0 Å². The van der Waals surface area contributed by atoms with E-state index in [1.165, 1.54) is 6.20 Å². The maximum atomic E-state index is 15.0. The Morgan fingerprint density at radius 2 is 1.88 bits per heavy atom. The molecule has 0 aliphatic heterocycles. The lowest BCUT2D eigenvalue weighted by Crippen LogP contribution is -2.50. The van der Waals surface area contributed by atoms with Crippen LogP contribution in [0.2, 0.25) is 5.15 Å². The third kappa shape index (κ3) is 6.47. The average molecular weight is 595 g/mol. The predicted octanol–water partition coefficient (Wildman–Crippen LogP) is 3.95. The summed E-state index contributed by atoms with van der Waals surface area (Å²) in [6.07, 6.45) is 2.52. The van der Waals surface area contributed by atoms with E-state index in [-0.39, 0.29) is 40.2 Å². The van der Waals surface area contributed by atoms with Gasteiger partial charge in [0.05, 0.1) is 12.2 Å². The molecule has 3 aromatic heterocycles. The predicted molar refractivity (Wildman–Crippen MR) is 142 cm³/mol. The van der Waals surface area contributed by atoms with Crippen molar-refractivity contribution in [3.63, 3.8) is 0 Å². The molecule has 0 aromatic carbocycles. The van der Waals surface area contributed by atoms with Gasteiger partial charge in [0.2, 0.25) is 12.3 Å². The number of carbonyl (C=O) groups is 2. The highest BCUT2D eigenvalue weighted by molar-refractivity contribution is 6.29. The Balaban J connectivity index is 1.42. The largest absolute Gasteiger partial charge is 0.339 e. The first-order valence-electron chi connectivity index (χ1n) is 13.5. The number of alkyl halides is 2. The maximum Gasteiger partial charge on any atom is 0.270 e. The minimum Gasteiger partial charge on any atom is -0.339 e. The van der Waals surface area contributed by atoms with Crippen LogP contribution < -0.4 is 16.2 Å². The molecule has 2 amide bonds. The number of hydrogen-bond acceptors (Lipinski definition) is 6. The quantitative estimate of drug-likeness (QED) is 0.290. The van der Waals surface area contributed by atoms with Gasteiger partial charge in [-0.2, -0.15) is 14.6 Å². The number of aromatic amines is 1. The highest BCUT2D eigenvalue weighted by Crippen LogP contribution is 2.51. The van der Waals surface area contributed by atoms with Gasteiger partial charge in [-0.3, -0.25) is 23.7 Å². The summed E-state index contributed by atoms with van der Waals surface area (Å²) >= 11 is 5.85. The zero-order chi connectivity index (χ0) is 29.4. The number of hydrogen-bond donors (Lipinski definition) is 3. The Bertz CT molecular complexity index is 1470. The summed E-state index contributed by atoms with van der Waals surface area (Å²) in [5.41, 5.74) is -1.07. The molecule has 2 aliphatic rings. The number of halogens is 4. The van der Waals surface area contributed by atoms with E-state index in [9.17, 15) is 23.2 Å². The Morgan fingerprint density at radius 3 is 2.49 bits per heavy atom. The van der Waals surface area contributed by atoms with Crippen molar-refractivity contribution in [2.45, 2.75) is 70.5 Å².